The highest BCUT2D eigenvalue weighted by molar-refractivity contribution is 6.02. The first-order valence-corrected chi connectivity index (χ1v) is 14.0. The maximum Gasteiger partial charge on any atom is 0.417 e. The van der Waals surface area contributed by atoms with Gasteiger partial charge in [0.25, 0.3) is 0 Å². The minimum Gasteiger partial charge on any atom is -0.352 e. The number of benzene rings is 2. The topological polar surface area (TPSA) is 84.5 Å². The fourth-order valence-electron chi connectivity index (χ4n) is 6.05. The number of fused-ring (bicyclic) bond motifs is 2. The lowest BCUT2D eigenvalue weighted by Gasteiger charge is -2.43. The molecule has 2 aliphatic heterocycles. The highest BCUT2D eigenvalue weighted by atomic mass is 19.4. The third-order valence-electron chi connectivity index (χ3n) is 8.55. The Morgan fingerprint density at radius 3 is 2.49 bits per heavy atom. The quantitative estimate of drug-likeness (QED) is 0.266. The number of anilines is 2. The molecule has 1 N–H and O–H groups in total. The number of nitrogens with one attached hydrogen (secondary N) is 1. The molecule has 1 unspecified atom stereocenters. The number of alkyl halides is 3. The van der Waals surface area contributed by atoms with E-state index in [1.807, 2.05) is 30.8 Å². The molecule has 1 atom stereocenters. The third-order valence-corrected chi connectivity index (χ3v) is 8.55. The van der Waals surface area contributed by atoms with Crippen molar-refractivity contribution in [3.05, 3.63) is 54.0 Å². The minimum atomic E-state index is -4.88. The van der Waals surface area contributed by atoms with Crippen LogP contribution in [0.4, 0.5) is 29.3 Å². The number of carbonyl (C=O) groups excluding carboxylic acids is 1. The zero-order valence-electron chi connectivity index (χ0n) is 24.3. The highest BCUT2D eigenvalue weighted by Crippen LogP contribution is 2.46. The van der Waals surface area contributed by atoms with Gasteiger partial charge in [0, 0.05) is 61.1 Å². The van der Waals surface area contributed by atoms with Crippen molar-refractivity contribution in [3.63, 3.8) is 0 Å². The Bertz CT molecular complexity index is 1740. The molecule has 0 aliphatic carbocycles. The first-order valence-electron chi connectivity index (χ1n) is 14.0. The van der Waals surface area contributed by atoms with E-state index < -0.39 is 23.1 Å². The second kappa shape index (κ2) is 10.5. The first-order chi connectivity index (χ1) is 20.4. The van der Waals surface area contributed by atoms with Crippen molar-refractivity contribution in [1.29, 1.82) is 0 Å². The Labute approximate surface area is 245 Å². The molecule has 1 amide bonds. The summed E-state index contributed by atoms with van der Waals surface area (Å²) in [5.74, 6) is -0.833. The van der Waals surface area contributed by atoms with Gasteiger partial charge in [0.1, 0.15) is 11.3 Å². The average Bonchev–Trinajstić information content (AvgIpc) is 3.40. The monoisotopic (exact) mass is 596 g/mol. The molecule has 2 aliphatic rings. The van der Waals surface area contributed by atoms with Gasteiger partial charge in [-0.1, -0.05) is 12.6 Å². The predicted molar refractivity (Wildman–Crippen MR) is 158 cm³/mol. The summed E-state index contributed by atoms with van der Waals surface area (Å²) in [6.45, 7) is 9.16. The molecule has 6 rings (SSSR count). The van der Waals surface area contributed by atoms with E-state index >= 15 is 4.39 Å². The number of halogens is 4. The van der Waals surface area contributed by atoms with Crippen LogP contribution in [0.2, 0.25) is 0 Å². The van der Waals surface area contributed by atoms with Crippen LogP contribution in [-0.2, 0) is 11.0 Å². The van der Waals surface area contributed by atoms with Crippen LogP contribution in [0.5, 0.6) is 0 Å². The highest BCUT2D eigenvalue weighted by Gasteiger charge is 2.39. The van der Waals surface area contributed by atoms with Gasteiger partial charge in [0.2, 0.25) is 11.9 Å². The summed E-state index contributed by atoms with van der Waals surface area (Å²) in [5.41, 5.74) is -0.786. The molecule has 2 saturated heterocycles. The first kappa shape index (κ1) is 28.8. The van der Waals surface area contributed by atoms with Gasteiger partial charge in [-0.15, -0.1) is 0 Å². The normalized spacial score (nSPS) is 18.2. The average molecular weight is 597 g/mol. The van der Waals surface area contributed by atoms with E-state index in [-0.39, 0.29) is 46.2 Å². The third kappa shape index (κ3) is 4.85. The van der Waals surface area contributed by atoms with Crippen molar-refractivity contribution < 1.29 is 22.4 Å². The van der Waals surface area contributed by atoms with Crippen LogP contribution in [0.15, 0.2) is 37.1 Å². The van der Waals surface area contributed by atoms with E-state index in [9.17, 15) is 18.0 Å². The van der Waals surface area contributed by atoms with Gasteiger partial charge in [-0.25, -0.2) is 9.37 Å². The summed E-state index contributed by atoms with van der Waals surface area (Å²) in [4.78, 5) is 29.1. The number of amides is 1. The number of hydrogen-bond donors (Lipinski definition) is 1. The molecule has 2 fully saturated rings. The fraction of sp³-hybridized carbons (Fsp3) is 0.400. The number of nitrogens with zero attached hydrogens (tertiary/aromatic N) is 7. The largest absolute Gasteiger partial charge is 0.417 e. The van der Waals surface area contributed by atoms with Crippen LogP contribution in [-0.4, -0.2) is 94.8 Å². The van der Waals surface area contributed by atoms with Gasteiger partial charge < -0.3 is 19.6 Å². The van der Waals surface area contributed by atoms with Gasteiger partial charge in [0.15, 0.2) is 5.82 Å². The summed E-state index contributed by atoms with van der Waals surface area (Å²) in [5, 5.41) is 7.10. The zero-order valence-corrected chi connectivity index (χ0v) is 24.3. The van der Waals surface area contributed by atoms with E-state index in [4.69, 9.17) is 4.98 Å². The lowest BCUT2D eigenvalue weighted by atomic mass is 9.91. The molecule has 2 aromatic heterocycles. The van der Waals surface area contributed by atoms with Crippen LogP contribution in [0.25, 0.3) is 32.9 Å². The van der Waals surface area contributed by atoms with E-state index in [1.165, 1.54) is 12.3 Å². The molecular formula is C30H32F4N8O. The molecule has 2 aromatic carbocycles. The molecule has 0 spiro atoms. The van der Waals surface area contributed by atoms with Crippen molar-refractivity contribution in [3.8, 4) is 11.1 Å². The summed E-state index contributed by atoms with van der Waals surface area (Å²) in [6.07, 6.45) is -2.23. The summed E-state index contributed by atoms with van der Waals surface area (Å²) < 4.78 is 61.2. The Hall–Kier alpha value is -4.26. The maximum atomic E-state index is 16.8. The van der Waals surface area contributed by atoms with Crippen LogP contribution >= 0.6 is 0 Å². The number of aromatic nitrogens is 4. The maximum absolute atomic E-state index is 16.8. The Kier molecular flexibility index (Phi) is 7.03. The second-order valence-corrected chi connectivity index (χ2v) is 11.5. The molecular weight excluding hydrogens is 564 g/mol. The lowest BCUT2D eigenvalue weighted by molar-refractivity contribution is -0.137. The number of rotatable bonds is 5. The van der Waals surface area contributed by atoms with Crippen molar-refractivity contribution in [2.75, 3.05) is 56.6 Å². The number of carbonyl (C=O) groups is 1. The second-order valence-electron chi connectivity index (χ2n) is 11.5. The van der Waals surface area contributed by atoms with Gasteiger partial charge in [-0.05, 0) is 57.3 Å². The summed E-state index contributed by atoms with van der Waals surface area (Å²) in [6, 6.07) is 4.28. The molecule has 4 aromatic rings. The molecule has 0 bridgehead atoms. The van der Waals surface area contributed by atoms with E-state index in [0.717, 1.165) is 6.07 Å². The van der Waals surface area contributed by atoms with Crippen LogP contribution < -0.4 is 9.80 Å². The molecule has 226 valence electrons. The Morgan fingerprint density at radius 1 is 1.09 bits per heavy atom. The molecule has 4 heterocycles. The number of hydrogen-bond acceptors (Lipinski definition) is 7. The molecule has 13 heteroatoms. The standard InChI is InChI=1S/C30H32F4N8O/c1-6-23(43)42-10-9-40(13-17(42)3)28-19-11-21(30(32,33)34)25(24-16(2)7-8-22-20(24)12-35-38-22)26(31)27(19)36-29(37-28)41-14-18(15-41)39(4)5/h6-8,11-12,17-18H,1,9-10,13-15H2,2-5H3,(H,35,38). The molecule has 43 heavy (non-hydrogen) atoms. The van der Waals surface area contributed by atoms with Crippen LogP contribution in [0, 0.1) is 12.7 Å². The molecule has 0 radical (unpaired) electrons. The zero-order chi connectivity index (χ0) is 30.8. The van der Waals surface area contributed by atoms with Gasteiger partial charge >= 0.3 is 6.18 Å². The number of aromatic amines is 1. The smallest absolute Gasteiger partial charge is 0.352 e. The Balaban J connectivity index is 1.59. The van der Waals surface area contributed by atoms with E-state index in [2.05, 4.69) is 26.7 Å². The van der Waals surface area contributed by atoms with Crippen molar-refractivity contribution in [2.45, 2.75) is 32.1 Å². The van der Waals surface area contributed by atoms with Crippen molar-refractivity contribution >= 4 is 39.5 Å². The fourth-order valence-corrected chi connectivity index (χ4v) is 6.05. The van der Waals surface area contributed by atoms with Gasteiger partial charge in [0.05, 0.1) is 17.3 Å². The van der Waals surface area contributed by atoms with E-state index in [0.29, 0.717) is 49.2 Å². The predicted octanol–water partition coefficient (Wildman–Crippen LogP) is 4.61. The number of aryl methyl sites for hydroxylation is 1. The lowest BCUT2D eigenvalue weighted by Crippen LogP contribution is -2.58. The Morgan fingerprint density at radius 2 is 1.84 bits per heavy atom. The van der Waals surface area contributed by atoms with E-state index in [1.54, 1.807) is 24.0 Å². The van der Waals surface area contributed by atoms with Gasteiger partial charge in [-0.2, -0.15) is 23.3 Å². The number of likely N-dealkylation sites (N-methyl/N-ethyl adjacent to an activating group) is 1. The summed E-state index contributed by atoms with van der Waals surface area (Å²) in [7, 11) is 3.92. The molecule has 9 nitrogen and oxygen atoms in total. The van der Waals surface area contributed by atoms with Crippen molar-refractivity contribution in [2.24, 2.45) is 0 Å². The van der Waals surface area contributed by atoms with Gasteiger partial charge in [-0.3, -0.25) is 9.89 Å². The van der Waals surface area contributed by atoms with Crippen LogP contribution in [0.1, 0.15) is 18.1 Å². The van der Waals surface area contributed by atoms with Crippen molar-refractivity contribution in [1.82, 2.24) is 30.0 Å². The number of piperazine rings is 1. The minimum absolute atomic E-state index is 0.0327. The SMILES string of the molecule is C=CC(=O)N1CCN(c2nc(N3CC(N(C)C)C3)nc3c(F)c(-c4c(C)ccc5[nH]ncc45)c(C(F)(F)F)cc23)CC1C. The van der Waals surface area contributed by atoms with Crippen LogP contribution in [0.3, 0.4) is 0 Å². The summed E-state index contributed by atoms with van der Waals surface area (Å²) >= 11 is 0. The molecule has 0 saturated carbocycles. The number of H-pyrrole nitrogens is 1.